The highest BCUT2D eigenvalue weighted by atomic mass is 16.5. The number of aromatic hydroxyl groups is 1. The zero-order valence-corrected chi connectivity index (χ0v) is 21.4. The molecule has 0 spiro atoms. The minimum absolute atomic E-state index is 0.257. The van der Waals surface area contributed by atoms with Crippen LogP contribution in [0.15, 0.2) is 97.1 Å². The lowest BCUT2D eigenvalue weighted by Gasteiger charge is -2.36. The Morgan fingerprint density at radius 2 is 1.11 bits per heavy atom. The van der Waals surface area contributed by atoms with Gasteiger partial charge >= 0.3 is 0 Å². The van der Waals surface area contributed by atoms with Gasteiger partial charge < -0.3 is 29.4 Å². The normalized spacial score (nSPS) is 11.2. The van der Waals surface area contributed by atoms with Gasteiger partial charge in [0.2, 0.25) is 0 Å². The smallest absolute Gasteiger partial charge is 0.143 e. The molecule has 37 heavy (non-hydrogen) atoms. The monoisotopic (exact) mass is 499 g/mol. The van der Waals surface area contributed by atoms with E-state index in [2.05, 4.69) is 5.32 Å². The molecule has 0 aliphatic heterocycles. The lowest BCUT2D eigenvalue weighted by Crippen LogP contribution is -2.35. The Hall–Kier alpha value is -4.00. The van der Waals surface area contributed by atoms with Crippen LogP contribution < -0.4 is 19.5 Å². The fourth-order valence-electron chi connectivity index (χ4n) is 4.40. The summed E-state index contributed by atoms with van der Waals surface area (Å²) in [5.41, 5.74) is 3.02. The number of hydrogen-bond acceptors (Lipinski definition) is 6. The van der Waals surface area contributed by atoms with E-state index in [0.29, 0.717) is 19.7 Å². The second-order valence-electron chi connectivity index (χ2n) is 8.56. The molecule has 4 rings (SSSR count). The Labute approximate surface area is 218 Å². The maximum Gasteiger partial charge on any atom is 0.143 e. The molecular weight excluding hydrogens is 466 g/mol. The number of rotatable bonds is 12. The standard InChI is InChI=1S/C31H33NO5/c1-34-28-13-7-24(8-14-28)31(25-9-15-29(35-2)16-10-25,26-11-17-30(36-3)18-12-26)37-20-19-32-22-23-5-4-6-27(33)21-23/h4-18,21,32-33H,19-20,22H2,1-3H3. The van der Waals surface area contributed by atoms with Crippen LogP contribution in [0.2, 0.25) is 0 Å². The first-order valence-electron chi connectivity index (χ1n) is 12.1. The van der Waals surface area contributed by atoms with Crippen molar-refractivity contribution in [3.05, 3.63) is 119 Å². The van der Waals surface area contributed by atoms with Crippen molar-refractivity contribution in [2.45, 2.75) is 12.1 Å². The molecule has 0 aromatic heterocycles. The van der Waals surface area contributed by atoms with Crippen LogP contribution in [0.4, 0.5) is 0 Å². The van der Waals surface area contributed by atoms with Gasteiger partial charge in [-0.25, -0.2) is 0 Å². The molecule has 0 aliphatic carbocycles. The lowest BCUT2D eigenvalue weighted by atomic mass is 9.80. The largest absolute Gasteiger partial charge is 0.508 e. The number of ether oxygens (including phenoxy) is 4. The van der Waals surface area contributed by atoms with Gasteiger partial charge in [0.25, 0.3) is 0 Å². The molecule has 6 nitrogen and oxygen atoms in total. The fraction of sp³-hybridized carbons (Fsp3) is 0.226. The summed E-state index contributed by atoms with van der Waals surface area (Å²) in [4.78, 5) is 0. The van der Waals surface area contributed by atoms with Crippen LogP contribution in [0.25, 0.3) is 0 Å². The molecule has 0 fully saturated rings. The Morgan fingerprint density at radius 3 is 1.51 bits per heavy atom. The summed E-state index contributed by atoms with van der Waals surface area (Å²) in [6.07, 6.45) is 0. The van der Waals surface area contributed by atoms with E-state index < -0.39 is 5.60 Å². The first-order chi connectivity index (χ1) is 18.1. The van der Waals surface area contributed by atoms with Crippen molar-refractivity contribution in [2.24, 2.45) is 0 Å². The van der Waals surface area contributed by atoms with Crippen LogP contribution >= 0.6 is 0 Å². The molecule has 192 valence electrons. The van der Waals surface area contributed by atoms with Crippen LogP contribution in [0.5, 0.6) is 23.0 Å². The summed E-state index contributed by atoms with van der Waals surface area (Å²) in [5.74, 6) is 2.58. The molecule has 0 unspecified atom stereocenters. The zero-order chi connectivity index (χ0) is 26.1. The Kier molecular flexibility index (Phi) is 8.67. The van der Waals surface area contributed by atoms with Crippen LogP contribution in [-0.4, -0.2) is 39.6 Å². The number of phenolic OH excluding ortho intramolecular Hbond substituents is 1. The predicted octanol–water partition coefficient (Wildman–Crippen LogP) is 5.52. The van der Waals surface area contributed by atoms with Crippen LogP contribution in [0.1, 0.15) is 22.3 Å². The van der Waals surface area contributed by atoms with E-state index >= 15 is 0 Å². The highest BCUT2D eigenvalue weighted by Gasteiger charge is 2.38. The van der Waals surface area contributed by atoms with Crippen LogP contribution in [-0.2, 0) is 16.9 Å². The van der Waals surface area contributed by atoms with Crippen molar-refractivity contribution in [2.75, 3.05) is 34.5 Å². The minimum atomic E-state index is -0.891. The minimum Gasteiger partial charge on any atom is -0.508 e. The molecule has 0 heterocycles. The molecule has 0 radical (unpaired) electrons. The lowest BCUT2D eigenvalue weighted by molar-refractivity contribution is 0.0147. The topological polar surface area (TPSA) is 69.2 Å². The third-order valence-corrected chi connectivity index (χ3v) is 6.33. The fourth-order valence-corrected chi connectivity index (χ4v) is 4.40. The van der Waals surface area contributed by atoms with Gasteiger partial charge in [0.1, 0.15) is 28.6 Å². The van der Waals surface area contributed by atoms with Crippen molar-refractivity contribution in [1.82, 2.24) is 5.32 Å². The van der Waals surface area contributed by atoms with E-state index in [-0.39, 0.29) is 5.75 Å². The maximum atomic E-state index is 9.73. The Bertz CT molecular complexity index is 1140. The third-order valence-electron chi connectivity index (χ3n) is 6.33. The first-order valence-corrected chi connectivity index (χ1v) is 12.1. The summed E-state index contributed by atoms with van der Waals surface area (Å²) in [6, 6.07) is 31.1. The van der Waals surface area contributed by atoms with Crippen molar-refractivity contribution in [1.29, 1.82) is 0 Å². The van der Waals surface area contributed by atoms with Gasteiger partial charge in [0.05, 0.1) is 27.9 Å². The van der Waals surface area contributed by atoms with E-state index in [1.807, 2.05) is 84.9 Å². The Morgan fingerprint density at radius 1 is 0.649 bits per heavy atom. The zero-order valence-electron chi connectivity index (χ0n) is 21.4. The number of hydrogen-bond donors (Lipinski definition) is 2. The van der Waals surface area contributed by atoms with E-state index in [1.54, 1.807) is 33.5 Å². The number of benzene rings is 4. The third kappa shape index (κ3) is 6.05. The average molecular weight is 500 g/mol. The van der Waals surface area contributed by atoms with Crippen molar-refractivity contribution < 1.29 is 24.1 Å². The quantitative estimate of drug-likeness (QED) is 0.198. The molecular formula is C31H33NO5. The molecule has 6 heteroatoms. The van der Waals surface area contributed by atoms with Gasteiger partial charge in [-0.1, -0.05) is 48.5 Å². The van der Waals surface area contributed by atoms with Crippen molar-refractivity contribution in [3.8, 4) is 23.0 Å². The molecule has 0 amide bonds. The highest BCUT2D eigenvalue weighted by Crippen LogP contribution is 2.42. The number of phenols is 1. The summed E-state index contributed by atoms with van der Waals surface area (Å²) in [5, 5.41) is 13.1. The van der Waals surface area contributed by atoms with Gasteiger partial charge in [-0.3, -0.25) is 0 Å². The van der Waals surface area contributed by atoms with E-state index in [1.165, 1.54) is 0 Å². The van der Waals surface area contributed by atoms with Gasteiger partial charge in [-0.05, 0) is 70.8 Å². The van der Waals surface area contributed by atoms with Gasteiger partial charge in [0.15, 0.2) is 0 Å². The molecule has 0 bridgehead atoms. The second-order valence-corrected chi connectivity index (χ2v) is 8.56. The molecule has 4 aromatic rings. The van der Waals surface area contributed by atoms with Gasteiger partial charge in [-0.15, -0.1) is 0 Å². The number of methoxy groups -OCH3 is 3. The van der Waals surface area contributed by atoms with E-state index in [9.17, 15) is 5.11 Å². The molecule has 2 N–H and O–H groups in total. The average Bonchev–Trinajstić information content (AvgIpc) is 2.95. The predicted molar refractivity (Wildman–Crippen MR) is 145 cm³/mol. The number of nitrogens with one attached hydrogen (secondary N) is 1. The highest BCUT2D eigenvalue weighted by molar-refractivity contribution is 5.50. The second kappa shape index (κ2) is 12.3. The first kappa shape index (κ1) is 26.1. The van der Waals surface area contributed by atoms with Crippen molar-refractivity contribution in [3.63, 3.8) is 0 Å². The van der Waals surface area contributed by atoms with Crippen LogP contribution in [0.3, 0.4) is 0 Å². The van der Waals surface area contributed by atoms with E-state index in [4.69, 9.17) is 18.9 Å². The SMILES string of the molecule is COc1ccc(C(OCCNCc2cccc(O)c2)(c2ccc(OC)cc2)c2ccc(OC)cc2)cc1. The summed E-state index contributed by atoms with van der Waals surface area (Å²) >= 11 is 0. The molecule has 0 atom stereocenters. The molecule has 0 saturated heterocycles. The van der Waals surface area contributed by atoms with Crippen molar-refractivity contribution >= 4 is 0 Å². The Balaban J connectivity index is 1.69. The van der Waals surface area contributed by atoms with Crippen LogP contribution in [0, 0.1) is 0 Å². The molecule has 0 aliphatic rings. The summed E-state index contributed by atoms with van der Waals surface area (Å²) in [7, 11) is 4.97. The maximum absolute atomic E-state index is 9.73. The summed E-state index contributed by atoms with van der Waals surface area (Å²) in [6.45, 7) is 1.67. The van der Waals surface area contributed by atoms with Gasteiger partial charge in [0, 0.05) is 13.1 Å². The van der Waals surface area contributed by atoms with E-state index in [0.717, 1.165) is 39.5 Å². The van der Waals surface area contributed by atoms with Gasteiger partial charge in [-0.2, -0.15) is 0 Å². The molecule has 4 aromatic carbocycles. The summed E-state index contributed by atoms with van der Waals surface area (Å²) < 4.78 is 23.1. The molecule has 0 saturated carbocycles.